The van der Waals surface area contributed by atoms with Crippen molar-refractivity contribution in [3.63, 3.8) is 0 Å². The van der Waals surface area contributed by atoms with Crippen LogP contribution < -0.4 is 4.74 Å². The zero-order valence-corrected chi connectivity index (χ0v) is 14.0. The van der Waals surface area contributed by atoms with Crippen LogP contribution in [0.25, 0.3) is 0 Å². The average Bonchev–Trinajstić information content (AvgIpc) is 3.10. The summed E-state index contributed by atoms with van der Waals surface area (Å²) < 4.78 is 6.24. The maximum absolute atomic E-state index is 6.24. The molecule has 0 unspecified atom stereocenters. The highest BCUT2D eigenvalue weighted by Gasteiger charge is 2.19. The summed E-state index contributed by atoms with van der Waals surface area (Å²) in [4.78, 5) is 10.6. The predicted octanol–water partition coefficient (Wildman–Crippen LogP) is 3.99. The van der Waals surface area contributed by atoms with E-state index in [1.54, 1.807) is 12.5 Å². The van der Waals surface area contributed by atoms with Gasteiger partial charge in [0.05, 0.1) is 11.8 Å². The summed E-state index contributed by atoms with van der Waals surface area (Å²) >= 11 is 0. The molecule has 1 aliphatic rings. The Hall–Kier alpha value is -1.94. The van der Waals surface area contributed by atoms with E-state index < -0.39 is 0 Å². The molecule has 1 aromatic carbocycles. The minimum atomic E-state index is 0.234. The zero-order valence-electron chi connectivity index (χ0n) is 14.0. The molecule has 0 amide bonds. The molecule has 0 saturated heterocycles. The number of benzene rings is 1. The molecule has 1 heterocycles. The molecule has 3 rings (SSSR count). The second-order valence-electron chi connectivity index (χ2n) is 6.36. The van der Waals surface area contributed by atoms with E-state index in [-0.39, 0.29) is 6.04 Å². The molecule has 1 saturated carbocycles. The van der Waals surface area contributed by atoms with Gasteiger partial charge in [-0.2, -0.15) is 0 Å². The molecule has 0 aliphatic heterocycles. The van der Waals surface area contributed by atoms with Crippen molar-refractivity contribution in [1.82, 2.24) is 14.9 Å². The van der Waals surface area contributed by atoms with Gasteiger partial charge in [-0.15, -0.1) is 0 Å². The summed E-state index contributed by atoms with van der Waals surface area (Å²) in [5, 5.41) is 0. The monoisotopic (exact) mass is 311 g/mol. The molecule has 122 valence electrons. The van der Waals surface area contributed by atoms with Crippen molar-refractivity contribution in [2.75, 3.05) is 7.05 Å². The van der Waals surface area contributed by atoms with Crippen LogP contribution in [0.5, 0.6) is 5.75 Å². The van der Waals surface area contributed by atoms with Crippen molar-refractivity contribution >= 4 is 0 Å². The smallest absolute Gasteiger partial charge is 0.124 e. The fourth-order valence-corrected chi connectivity index (χ4v) is 3.11. The van der Waals surface area contributed by atoms with Gasteiger partial charge in [-0.05, 0) is 51.8 Å². The van der Waals surface area contributed by atoms with E-state index in [0.29, 0.717) is 6.10 Å². The average molecular weight is 311 g/mol. The summed E-state index contributed by atoms with van der Waals surface area (Å²) in [6, 6.07) is 10.6. The first kappa shape index (κ1) is 15.9. The molecule has 0 bridgehead atoms. The Balaban J connectivity index is 1.69. The lowest BCUT2D eigenvalue weighted by Gasteiger charge is -2.25. The first-order chi connectivity index (χ1) is 11.2. The van der Waals surface area contributed by atoms with Crippen molar-refractivity contribution < 1.29 is 4.74 Å². The maximum Gasteiger partial charge on any atom is 0.124 e. The third-order valence-electron chi connectivity index (χ3n) is 4.68. The van der Waals surface area contributed by atoms with Crippen LogP contribution in [-0.4, -0.2) is 28.0 Å². The number of ether oxygens (including phenoxy) is 1. The van der Waals surface area contributed by atoms with Crippen LogP contribution in [0.3, 0.4) is 0 Å². The van der Waals surface area contributed by atoms with Crippen molar-refractivity contribution in [3.05, 3.63) is 54.1 Å². The van der Waals surface area contributed by atoms with E-state index in [0.717, 1.165) is 18.0 Å². The minimum Gasteiger partial charge on any atom is -0.490 e. The van der Waals surface area contributed by atoms with Gasteiger partial charge in [0.1, 0.15) is 12.1 Å². The first-order valence-corrected chi connectivity index (χ1v) is 8.45. The highest BCUT2D eigenvalue weighted by atomic mass is 16.5. The third-order valence-corrected chi connectivity index (χ3v) is 4.68. The topological polar surface area (TPSA) is 38.2 Å². The number of rotatable bonds is 6. The molecule has 0 N–H and O–H groups in total. The van der Waals surface area contributed by atoms with Crippen LogP contribution in [-0.2, 0) is 6.54 Å². The molecule has 1 aromatic heterocycles. The van der Waals surface area contributed by atoms with Crippen LogP contribution in [0.2, 0.25) is 0 Å². The van der Waals surface area contributed by atoms with Crippen LogP contribution >= 0.6 is 0 Å². The molecule has 1 fully saturated rings. The van der Waals surface area contributed by atoms with E-state index in [2.05, 4.69) is 53.1 Å². The van der Waals surface area contributed by atoms with Gasteiger partial charge in [-0.1, -0.05) is 18.2 Å². The summed E-state index contributed by atoms with van der Waals surface area (Å²) in [6.07, 6.45) is 8.74. The Morgan fingerprint density at radius 3 is 2.74 bits per heavy atom. The van der Waals surface area contributed by atoms with Gasteiger partial charge < -0.3 is 4.74 Å². The second kappa shape index (κ2) is 7.55. The van der Waals surface area contributed by atoms with Gasteiger partial charge >= 0.3 is 0 Å². The summed E-state index contributed by atoms with van der Waals surface area (Å²) in [7, 11) is 2.12. The van der Waals surface area contributed by atoms with E-state index >= 15 is 0 Å². The minimum absolute atomic E-state index is 0.234. The fourth-order valence-electron chi connectivity index (χ4n) is 3.11. The standard InChI is InChI=1S/C19H25N3O/c1-15(18-11-12-20-14-21-18)22(2)13-16-7-3-6-10-19(16)23-17-8-4-5-9-17/h3,6-7,10-12,14-15,17H,4-5,8-9,13H2,1-2H3/t15-/m0/s1. The quantitative estimate of drug-likeness (QED) is 0.808. The lowest BCUT2D eigenvalue weighted by molar-refractivity contribution is 0.199. The van der Waals surface area contributed by atoms with Crippen LogP contribution in [0.1, 0.15) is 49.9 Å². The predicted molar refractivity (Wildman–Crippen MR) is 91.2 cm³/mol. The van der Waals surface area contributed by atoms with E-state index in [4.69, 9.17) is 4.74 Å². The number of hydrogen-bond acceptors (Lipinski definition) is 4. The molecule has 4 heteroatoms. The number of para-hydroxylation sites is 1. The molecular formula is C19H25N3O. The van der Waals surface area contributed by atoms with Crippen molar-refractivity contribution in [3.8, 4) is 5.75 Å². The summed E-state index contributed by atoms with van der Waals surface area (Å²) in [5.41, 5.74) is 2.28. The van der Waals surface area contributed by atoms with Crippen molar-refractivity contribution in [2.24, 2.45) is 0 Å². The SMILES string of the molecule is C[C@@H](c1ccncn1)N(C)Cc1ccccc1OC1CCCC1. The highest BCUT2D eigenvalue weighted by Crippen LogP contribution is 2.28. The summed E-state index contributed by atoms with van der Waals surface area (Å²) in [5.74, 6) is 1.03. The molecule has 2 aromatic rings. The van der Waals surface area contributed by atoms with Gasteiger partial charge in [-0.3, -0.25) is 4.90 Å². The lowest BCUT2D eigenvalue weighted by atomic mass is 10.1. The van der Waals surface area contributed by atoms with Gasteiger partial charge in [0.25, 0.3) is 0 Å². The highest BCUT2D eigenvalue weighted by molar-refractivity contribution is 5.33. The Labute approximate surface area is 138 Å². The Morgan fingerprint density at radius 2 is 2.00 bits per heavy atom. The van der Waals surface area contributed by atoms with Crippen LogP contribution in [0.4, 0.5) is 0 Å². The first-order valence-electron chi connectivity index (χ1n) is 8.45. The Morgan fingerprint density at radius 1 is 1.22 bits per heavy atom. The largest absolute Gasteiger partial charge is 0.490 e. The lowest BCUT2D eigenvalue weighted by Crippen LogP contribution is -2.23. The zero-order chi connectivity index (χ0) is 16.1. The molecule has 4 nitrogen and oxygen atoms in total. The molecule has 1 atom stereocenters. The van der Waals surface area contributed by atoms with Gasteiger partial charge in [-0.25, -0.2) is 9.97 Å². The maximum atomic E-state index is 6.24. The van der Waals surface area contributed by atoms with Gasteiger partial charge in [0, 0.05) is 24.3 Å². The number of nitrogens with zero attached hydrogens (tertiary/aromatic N) is 3. The van der Waals surface area contributed by atoms with Crippen LogP contribution in [0, 0.1) is 0 Å². The molecule has 23 heavy (non-hydrogen) atoms. The van der Waals surface area contributed by atoms with Crippen molar-refractivity contribution in [2.45, 2.75) is 51.3 Å². The third kappa shape index (κ3) is 4.08. The molecule has 0 spiro atoms. The van der Waals surface area contributed by atoms with E-state index in [1.165, 1.54) is 31.2 Å². The van der Waals surface area contributed by atoms with E-state index in [1.807, 2.05) is 6.07 Å². The van der Waals surface area contributed by atoms with Gasteiger partial charge in [0.2, 0.25) is 0 Å². The van der Waals surface area contributed by atoms with Crippen molar-refractivity contribution in [1.29, 1.82) is 0 Å². The van der Waals surface area contributed by atoms with Crippen LogP contribution in [0.15, 0.2) is 42.9 Å². The molecular weight excluding hydrogens is 286 g/mol. The summed E-state index contributed by atoms with van der Waals surface area (Å²) in [6.45, 7) is 3.01. The Bertz CT molecular complexity index is 611. The van der Waals surface area contributed by atoms with E-state index in [9.17, 15) is 0 Å². The number of aromatic nitrogens is 2. The normalized spacial score (nSPS) is 16.7. The second-order valence-corrected chi connectivity index (χ2v) is 6.36. The Kier molecular flexibility index (Phi) is 5.23. The number of hydrogen-bond donors (Lipinski definition) is 0. The fraction of sp³-hybridized carbons (Fsp3) is 0.474. The molecule has 0 radical (unpaired) electrons. The molecule has 1 aliphatic carbocycles. The van der Waals surface area contributed by atoms with Gasteiger partial charge in [0.15, 0.2) is 0 Å².